The molecule has 1 amide bonds. The molecule has 0 spiro atoms. The molecule has 0 aliphatic carbocycles. The molecule has 41 heavy (non-hydrogen) atoms. The van der Waals surface area contributed by atoms with Gasteiger partial charge in [-0.1, -0.05) is 62.0 Å². The standard InChI is InChI=1S/C30H33N5O4S2/c1-4-33(5-2)41(37,38)26-16-8-12-23(19-26)29-31-32-30(35(29)24-14-9-15-25(20-24)39-3)40-21-28(36)34-18-10-13-22-11-6-7-17-27(22)34/h6-9,11-12,14-17,19-20H,4-5,10,13,18,21H2,1-3H3. The van der Waals surface area contributed by atoms with Crippen LogP contribution in [0.4, 0.5) is 5.69 Å². The Hall–Kier alpha value is -3.67. The average molecular weight is 592 g/mol. The second-order valence-corrected chi connectivity index (χ2v) is 12.4. The third-order valence-electron chi connectivity index (χ3n) is 7.12. The first-order valence-electron chi connectivity index (χ1n) is 13.6. The van der Waals surface area contributed by atoms with E-state index in [4.69, 9.17) is 4.74 Å². The van der Waals surface area contributed by atoms with Gasteiger partial charge in [0.2, 0.25) is 15.9 Å². The molecule has 9 nitrogen and oxygen atoms in total. The summed E-state index contributed by atoms with van der Waals surface area (Å²) in [6, 6.07) is 22.2. The Morgan fingerprint density at radius 2 is 1.78 bits per heavy atom. The lowest BCUT2D eigenvalue weighted by atomic mass is 10.0. The number of aryl methyl sites for hydroxylation is 1. The van der Waals surface area contributed by atoms with Crippen LogP contribution in [0.5, 0.6) is 5.75 Å². The van der Waals surface area contributed by atoms with Crippen LogP contribution in [-0.4, -0.2) is 65.9 Å². The molecule has 1 aromatic heterocycles. The van der Waals surface area contributed by atoms with E-state index in [2.05, 4.69) is 16.3 Å². The second-order valence-electron chi connectivity index (χ2n) is 9.53. The molecule has 1 aliphatic rings. The number of hydrogen-bond donors (Lipinski definition) is 0. The Morgan fingerprint density at radius 3 is 2.56 bits per heavy atom. The highest BCUT2D eigenvalue weighted by Gasteiger charge is 2.26. The van der Waals surface area contributed by atoms with Crippen LogP contribution in [0.25, 0.3) is 17.1 Å². The van der Waals surface area contributed by atoms with E-state index in [9.17, 15) is 13.2 Å². The maximum Gasteiger partial charge on any atom is 0.243 e. The molecule has 1 aliphatic heterocycles. The molecule has 0 radical (unpaired) electrons. The van der Waals surface area contributed by atoms with E-state index in [1.54, 1.807) is 25.3 Å². The number of thioether (sulfide) groups is 1. The quantitative estimate of drug-likeness (QED) is 0.238. The van der Waals surface area contributed by atoms with Crippen LogP contribution >= 0.6 is 11.8 Å². The maximum absolute atomic E-state index is 13.4. The van der Waals surface area contributed by atoms with Crippen molar-refractivity contribution in [3.63, 3.8) is 0 Å². The van der Waals surface area contributed by atoms with Crippen LogP contribution in [0, 0.1) is 0 Å². The topological polar surface area (TPSA) is 97.6 Å². The summed E-state index contributed by atoms with van der Waals surface area (Å²) in [6.45, 7) is 5.06. The van der Waals surface area contributed by atoms with E-state index in [0.717, 1.165) is 24.2 Å². The minimum Gasteiger partial charge on any atom is -0.497 e. The van der Waals surface area contributed by atoms with Crippen LogP contribution in [0.15, 0.2) is 82.8 Å². The van der Waals surface area contributed by atoms with Crippen molar-refractivity contribution in [2.45, 2.75) is 36.7 Å². The molecule has 4 aromatic rings. The highest BCUT2D eigenvalue weighted by atomic mass is 32.2. The Bertz CT molecular complexity index is 1650. The van der Waals surface area contributed by atoms with Gasteiger partial charge in [-0.2, -0.15) is 4.31 Å². The van der Waals surface area contributed by atoms with Crippen molar-refractivity contribution in [2.75, 3.05) is 37.4 Å². The number of benzene rings is 3. The minimum absolute atomic E-state index is 0.00351. The van der Waals surface area contributed by atoms with Gasteiger partial charge in [0.25, 0.3) is 0 Å². The Morgan fingerprint density at radius 1 is 1.00 bits per heavy atom. The van der Waals surface area contributed by atoms with Crippen molar-refractivity contribution in [1.82, 2.24) is 19.1 Å². The molecular weight excluding hydrogens is 558 g/mol. The first-order chi connectivity index (χ1) is 19.9. The fraction of sp³-hybridized carbons (Fsp3) is 0.300. The fourth-order valence-corrected chi connectivity index (χ4v) is 7.37. The lowest BCUT2D eigenvalue weighted by Gasteiger charge is -2.29. The minimum atomic E-state index is -3.67. The predicted molar refractivity (Wildman–Crippen MR) is 161 cm³/mol. The summed E-state index contributed by atoms with van der Waals surface area (Å²) in [5, 5.41) is 9.44. The van der Waals surface area contributed by atoms with E-state index < -0.39 is 10.0 Å². The zero-order chi connectivity index (χ0) is 29.0. The van der Waals surface area contributed by atoms with Crippen molar-refractivity contribution >= 4 is 33.4 Å². The highest BCUT2D eigenvalue weighted by Crippen LogP contribution is 2.32. The number of hydrogen-bond acceptors (Lipinski definition) is 7. The molecule has 11 heteroatoms. The van der Waals surface area contributed by atoms with Gasteiger partial charge in [-0.3, -0.25) is 9.36 Å². The van der Waals surface area contributed by atoms with Crippen LogP contribution in [0.1, 0.15) is 25.8 Å². The normalized spacial score (nSPS) is 13.3. The SMILES string of the molecule is CCN(CC)S(=O)(=O)c1cccc(-c2nnc(SCC(=O)N3CCCc4ccccc43)n2-c2cccc(OC)c2)c1. The van der Waals surface area contributed by atoms with Gasteiger partial charge in [-0.15, -0.1) is 10.2 Å². The summed E-state index contributed by atoms with van der Waals surface area (Å²) in [6.07, 6.45) is 1.88. The molecule has 5 rings (SSSR count). The number of nitrogens with zero attached hydrogens (tertiary/aromatic N) is 5. The molecule has 3 aromatic carbocycles. The van der Waals surface area contributed by atoms with Crippen molar-refractivity contribution in [1.29, 1.82) is 0 Å². The lowest BCUT2D eigenvalue weighted by Crippen LogP contribution is -2.36. The number of carbonyl (C=O) groups is 1. The predicted octanol–water partition coefficient (Wildman–Crippen LogP) is 5.04. The van der Waals surface area contributed by atoms with Crippen molar-refractivity contribution in [2.24, 2.45) is 0 Å². The summed E-state index contributed by atoms with van der Waals surface area (Å²) >= 11 is 1.30. The number of methoxy groups -OCH3 is 1. The summed E-state index contributed by atoms with van der Waals surface area (Å²) < 4.78 is 35.2. The van der Waals surface area contributed by atoms with Gasteiger partial charge in [-0.25, -0.2) is 8.42 Å². The van der Waals surface area contributed by atoms with Gasteiger partial charge < -0.3 is 9.64 Å². The average Bonchev–Trinajstić information content (AvgIpc) is 3.44. The van der Waals surface area contributed by atoms with Gasteiger partial charge >= 0.3 is 0 Å². The zero-order valence-electron chi connectivity index (χ0n) is 23.4. The van der Waals surface area contributed by atoms with Crippen LogP contribution in [-0.2, 0) is 21.2 Å². The van der Waals surface area contributed by atoms with Crippen molar-refractivity contribution < 1.29 is 17.9 Å². The van der Waals surface area contributed by atoms with Gasteiger partial charge in [0, 0.05) is 37.0 Å². The molecular formula is C30H33N5O4S2. The smallest absolute Gasteiger partial charge is 0.243 e. The number of amides is 1. The number of rotatable bonds is 10. The molecule has 0 atom stereocenters. The first kappa shape index (κ1) is 28.8. The molecule has 214 valence electrons. The number of fused-ring (bicyclic) bond motifs is 1. The van der Waals surface area contributed by atoms with Crippen LogP contribution < -0.4 is 9.64 Å². The number of carbonyl (C=O) groups excluding carboxylic acids is 1. The maximum atomic E-state index is 13.4. The van der Waals surface area contributed by atoms with Crippen molar-refractivity contribution in [3.8, 4) is 22.8 Å². The molecule has 0 bridgehead atoms. The summed E-state index contributed by atoms with van der Waals surface area (Å²) in [4.78, 5) is 15.4. The number of sulfonamides is 1. The summed E-state index contributed by atoms with van der Waals surface area (Å²) in [5.74, 6) is 1.29. The number of aromatic nitrogens is 3. The Balaban J connectivity index is 1.51. The van der Waals surface area contributed by atoms with Gasteiger partial charge in [0.05, 0.1) is 23.4 Å². The molecule has 0 unspecified atom stereocenters. The third kappa shape index (κ3) is 5.88. The largest absolute Gasteiger partial charge is 0.497 e. The molecule has 0 saturated heterocycles. The molecule has 0 saturated carbocycles. The number of ether oxygens (including phenoxy) is 1. The van der Waals surface area contributed by atoms with E-state index in [1.165, 1.54) is 21.6 Å². The van der Waals surface area contributed by atoms with Gasteiger partial charge in [0.1, 0.15) is 5.75 Å². The molecule has 0 fully saturated rings. The van der Waals surface area contributed by atoms with Gasteiger partial charge in [0.15, 0.2) is 11.0 Å². The third-order valence-corrected chi connectivity index (χ3v) is 10.1. The Labute approximate surface area is 245 Å². The van der Waals surface area contributed by atoms with E-state index in [1.807, 2.05) is 71.8 Å². The Kier molecular flexibility index (Phi) is 8.77. The second kappa shape index (κ2) is 12.5. The highest BCUT2D eigenvalue weighted by molar-refractivity contribution is 7.99. The monoisotopic (exact) mass is 591 g/mol. The molecule has 2 heterocycles. The fourth-order valence-electron chi connectivity index (χ4n) is 5.04. The van der Waals surface area contributed by atoms with E-state index >= 15 is 0 Å². The number of para-hydroxylation sites is 1. The zero-order valence-corrected chi connectivity index (χ0v) is 25.0. The van der Waals surface area contributed by atoms with Gasteiger partial charge in [-0.05, 0) is 48.7 Å². The van der Waals surface area contributed by atoms with Crippen molar-refractivity contribution in [3.05, 3.63) is 78.4 Å². The lowest BCUT2D eigenvalue weighted by molar-refractivity contribution is -0.116. The molecule has 0 N–H and O–H groups in total. The number of anilines is 1. The van der Waals surface area contributed by atoms with Crippen LogP contribution in [0.2, 0.25) is 0 Å². The van der Waals surface area contributed by atoms with E-state index in [0.29, 0.717) is 41.9 Å². The summed E-state index contributed by atoms with van der Waals surface area (Å²) in [7, 11) is -2.08. The first-order valence-corrected chi connectivity index (χ1v) is 16.0. The van der Waals surface area contributed by atoms with Crippen LogP contribution in [0.3, 0.4) is 0 Å². The van der Waals surface area contributed by atoms with E-state index in [-0.39, 0.29) is 16.6 Å². The summed E-state index contributed by atoms with van der Waals surface area (Å²) in [5.41, 5.74) is 3.47.